The number of hydrogen-bond acceptors (Lipinski definition) is 3. The molecule has 0 atom stereocenters. The summed E-state index contributed by atoms with van der Waals surface area (Å²) >= 11 is 1.44. The Labute approximate surface area is 126 Å². The van der Waals surface area contributed by atoms with Gasteiger partial charge in [0, 0.05) is 16.6 Å². The molecule has 0 aliphatic heterocycles. The molecule has 0 spiro atoms. The summed E-state index contributed by atoms with van der Waals surface area (Å²) in [6, 6.07) is 13.3. The number of nitrogens with zero attached hydrogens (tertiary/aromatic N) is 1. The zero-order chi connectivity index (χ0) is 14.8. The second kappa shape index (κ2) is 5.61. The summed E-state index contributed by atoms with van der Waals surface area (Å²) < 4.78 is 0. The number of aromatic amines is 1. The predicted octanol–water partition coefficient (Wildman–Crippen LogP) is 3.97. The van der Waals surface area contributed by atoms with Crippen LogP contribution in [0.2, 0.25) is 0 Å². The van der Waals surface area contributed by atoms with Crippen LogP contribution in [0.1, 0.15) is 23.0 Å². The highest BCUT2D eigenvalue weighted by Gasteiger charge is 2.10. The van der Waals surface area contributed by atoms with Crippen LogP contribution in [0.15, 0.2) is 52.5 Å². The number of aromatic carboxylic acids is 1. The molecule has 106 valence electrons. The molecule has 0 unspecified atom stereocenters. The van der Waals surface area contributed by atoms with E-state index in [0.717, 1.165) is 21.6 Å². The molecule has 0 saturated heterocycles. The Balaban J connectivity index is 1.96. The van der Waals surface area contributed by atoms with Crippen LogP contribution in [0.5, 0.6) is 0 Å². The van der Waals surface area contributed by atoms with Crippen molar-refractivity contribution >= 4 is 28.6 Å². The normalized spacial score (nSPS) is 10.9. The molecule has 2 aromatic heterocycles. The van der Waals surface area contributed by atoms with Gasteiger partial charge < -0.3 is 10.1 Å². The molecule has 4 nitrogen and oxygen atoms in total. The highest BCUT2D eigenvalue weighted by molar-refractivity contribution is 7.99. The van der Waals surface area contributed by atoms with Crippen molar-refractivity contribution in [1.29, 1.82) is 0 Å². The van der Waals surface area contributed by atoms with Gasteiger partial charge in [-0.1, -0.05) is 36.9 Å². The number of aryl methyl sites for hydroxylation is 1. The van der Waals surface area contributed by atoms with Gasteiger partial charge in [-0.25, -0.2) is 9.78 Å². The molecule has 0 aliphatic rings. The average molecular weight is 298 g/mol. The van der Waals surface area contributed by atoms with Gasteiger partial charge in [0.2, 0.25) is 0 Å². The highest BCUT2D eigenvalue weighted by atomic mass is 32.2. The number of carboxylic acids is 1. The number of benzene rings is 1. The lowest BCUT2D eigenvalue weighted by Gasteiger charge is -2.04. The monoisotopic (exact) mass is 298 g/mol. The van der Waals surface area contributed by atoms with Gasteiger partial charge in [-0.3, -0.25) is 0 Å². The van der Waals surface area contributed by atoms with E-state index in [-0.39, 0.29) is 5.56 Å². The van der Waals surface area contributed by atoms with Crippen molar-refractivity contribution in [2.45, 2.75) is 23.4 Å². The lowest BCUT2D eigenvalue weighted by molar-refractivity contribution is 0.0696. The lowest BCUT2D eigenvalue weighted by Crippen LogP contribution is -2.00. The number of para-hydroxylation sites is 1. The van der Waals surface area contributed by atoms with Crippen LogP contribution in [0.25, 0.3) is 10.9 Å². The minimum absolute atomic E-state index is 0.278. The van der Waals surface area contributed by atoms with Gasteiger partial charge in [0.25, 0.3) is 0 Å². The molecule has 0 radical (unpaired) electrons. The zero-order valence-electron chi connectivity index (χ0n) is 11.5. The highest BCUT2D eigenvalue weighted by Crippen LogP contribution is 2.29. The van der Waals surface area contributed by atoms with Crippen LogP contribution in [-0.2, 0) is 6.42 Å². The van der Waals surface area contributed by atoms with Gasteiger partial charge in [0.15, 0.2) is 0 Å². The first-order valence-corrected chi connectivity index (χ1v) is 7.47. The van der Waals surface area contributed by atoms with Gasteiger partial charge in [-0.05, 0) is 30.7 Å². The molecule has 5 heteroatoms. The maximum Gasteiger partial charge on any atom is 0.335 e. The molecule has 2 heterocycles. The van der Waals surface area contributed by atoms with Crippen molar-refractivity contribution < 1.29 is 9.90 Å². The van der Waals surface area contributed by atoms with E-state index in [1.54, 1.807) is 12.1 Å². The summed E-state index contributed by atoms with van der Waals surface area (Å²) in [5, 5.41) is 11.9. The largest absolute Gasteiger partial charge is 0.478 e. The van der Waals surface area contributed by atoms with Crippen molar-refractivity contribution in [1.82, 2.24) is 9.97 Å². The summed E-state index contributed by atoms with van der Waals surface area (Å²) in [5.74, 6) is -0.925. The summed E-state index contributed by atoms with van der Waals surface area (Å²) in [6.07, 6.45) is 0.710. The first-order chi connectivity index (χ1) is 10.2. The number of hydrogen-bond donors (Lipinski definition) is 2. The van der Waals surface area contributed by atoms with Gasteiger partial charge in [0.05, 0.1) is 10.6 Å². The Morgan fingerprint density at radius 3 is 2.81 bits per heavy atom. The van der Waals surface area contributed by atoms with Crippen molar-refractivity contribution in [2.24, 2.45) is 0 Å². The summed E-state index contributed by atoms with van der Waals surface area (Å²) in [6.45, 7) is 1.96. The van der Waals surface area contributed by atoms with Crippen LogP contribution in [0, 0.1) is 0 Å². The molecule has 0 amide bonds. The smallest absolute Gasteiger partial charge is 0.335 e. The Morgan fingerprint density at radius 1 is 1.29 bits per heavy atom. The standard InChI is InChI=1S/C16H14N2O2S/c1-2-12-7-11(16(19)20)9-14(17-12)21-15-8-10-5-3-4-6-13(10)18-15/h3-9,18H,2H2,1H3,(H,19,20). The predicted molar refractivity (Wildman–Crippen MR) is 83.0 cm³/mol. The van der Waals surface area contributed by atoms with Crippen LogP contribution in [-0.4, -0.2) is 21.0 Å². The Kier molecular flexibility index (Phi) is 3.66. The number of aromatic nitrogens is 2. The molecule has 3 rings (SSSR count). The Bertz CT molecular complexity index is 778. The third-order valence-corrected chi connectivity index (χ3v) is 4.04. The number of nitrogens with one attached hydrogen (secondary N) is 1. The van der Waals surface area contributed by atoms with Crippen LogP contribution < -0.4 is 0 Å². The van der Waals surface area contributed by atoms with E-state index in [9.17, 15) is 4.79 Å². The molecule has 2 N–H and O–H groups in total. The van der Waals surface area contributed by atoms with E-state index in [1.807, 2.05) is 37.3 Å². The van der Waals surface area contributed by atoms with Crippen molar-refractivity contribution in [2.75, 3.05) is 0 Å². The molecule has 0 bridgehead atoms. The fraction of sp³-hybridized carbons (Fsp3) is 0.125. The van der Waals surface area contributed by atoms with Crippen LogP contribution in [0.3, 0.4) is 0 Å². The quantitative estimate of drug-likeness (QED) is 0.764. The Morgan fingerprint density at radius 2 is 2.10 bits per heavy atom. The number of H-pyrrole nitrogens is 1. The number of pyridine rings is 1. The minimum Gasteiger partial charge on any atom is -0.478 e. The molecule has 21 heavy (non-hydrogen) atoms. The number of carbonyl (C=O) groups is 1. The van der Waals surface area contributed by atoms with Crippen LogP contribution >= 0.6 is 11.8 Å². The third-order valence-electron chi connectivity index (χ3n) is 3.18. The zero-order valence-corrected chi connectivity index (χ0v) is 12.3. The molecule has 0 aliphatic carbocycles. The third kappa shape index (κ3) is 2.92. The maximum absolute atomic E-state index is 11.2. The SMILES string of the molecule is CCc1cc(C(=O)O)cc(Sc2cc3ccccc3[nH]2)n1. The van der Waals surface area contributed by atoms with Gasteiger partial charge in [-0.15, -0.1) is 0 Å². The molecule has 3 aromatic rings. The minimum atomic E-state index is -0.925. The van der Waals surface area contributed by atoms with E-state index in [0.29, 0.717) is 11.4 Å². The van der Waals surface area contributed by atoms with Gasteiger partial charge in [-0.2, -0.15) is 0 Å². The van der Waals surface area contributed by atoms with E-state index in [2.05, 4.69) is 9.97 Å². The van der Waals surface area contributed by atoms with Gasteiger partial charge >= 0.3 is 5.97 Å². The molecular weight excluding hydrogens is 284 g/mol. The van der Waals surface area contributed by atoms with Crippen molar-refractivity contribution in [3.8, 4) is 0 Å². The first kappa shape index (κ1) is 13.7. The second-order valence-corrected chi connectivity index (χ2v) is 5.73. The summed E-state index contributed by atoms with van der Waals surface area (Å²) in [5.41, 5.74) is 2.12. The van der Waals surface area contributed by atoms with Crippen LogP contribution in [0.4, 0.5) is 0 Å². The van der Waals surface area contributed by atoms with E-state index >= 15 is 0 Å². The molecule has 0 saturated carbocycles. The number of fused-ring (bicyclic) bond motifs is 1. The van der Waals surface area contributed by atoms with Crippen molar-refractivity contribution in [3.63, 3.8) is 0 Å². The lowest BCUT2D eigenvalue weighted by atomic mass is 10.2. The number of rotatable bonds is 4. The van der Waals surface area contributed by atoms with Crippen molar-refractivity contribution in [3.05, 3.63) is 53.7 Å². The topological polar surface area (TPSA) is 66.0 Å². The van der Waals surface area contributed by atoms with E-state index in [1.165, 1.54) is 11.8 Å². The molecule has 0 fully saturated rings. The Hall–Kier alpha value is -2.27. The number of carboxylic acid groups (broad SMARTS) is 1. The van der Waals surface area contributed by atoms with Gasteiger partial charge in [0.1, 0.15) is 5.03 Å². The average Bonchev–Trinajstić information content (AvgIpc) is 2.88. The fourth-order valence-corrected chi connectivity index (χ4v) is 3.05. The molecule has 1 aromatic carbocycles. The summed E-state index contributed by atoms with van der Waals surface area (Å²) in [4.78, 5) is 19.0. The molecular formula is C16H14N2O2S. The second-order valence-electron chi connectivity index (χ2n) is 4.67. The van der Waals surface area contributed by atoms with E-state index < -0.39 is 5.97 Å². The first-order valence-electron chi connectivity index (χ1n) is 6.65. The summed E-state index contributed by atoms with van der Waals surface area (Å²) in [7, 11) is 0. The van der Waals surface area contributed by atoms with E-state index in [4.69, 9.17) is 5.11 Å². The fourth-order valence-electron chi connectivity index (χ4n) is 2.13. The maximum atomic E-state index is 11.2.